The molecule has 10 nitrogen and oxygen atoms in total. The van der Waals surface area contributed by atoms with Crippen molar-refractivity contribution in [3.05, 3.63) is 35.9 Å². The zero-order chi connectivity index (χ0) is 38.6. The molecule has 1 aliphatic heterocycles. The van der Waals surface area contributed by atoms with Crippen LogP contribution in [0.25, 0.3) is 0 Å². The third kappa shape index (κ3) is 11.6. The number of carbonyl (C=O) groups is 4. The molecule has 10 heteroatoms. The van der Waals surface area contributed by atoms with Gasteiger partial charge in [-0.05, 0) is 50.1 Å². The van der Waals surface area contributed by atoms with Crippen LogP contribution in [0.3, 0.4) is 0 Å². The highest BCUT2D eigenvalue weighted by molar-refractivity contribution is 5.90. The Balaban J connectivity index is 2.24. The van der Waals surface area contributed by atoms with E-state index in [-0.39, 0.29) is 84.2 Å². The quantitative estimate of drug-likeness (QED) is 0.168. The molecule has 0 radical (unpaired) electrons. The van der Waals surface area contributed by atoms with E-state index in [1.165, 1.54) is 0 Å². The average molecular weight is 715 g/mol. The second-order valence-electron chi connectivity index (χ2n) is 15.6. The second-order valence-corrected chi connectivity index (χ2v) is 15.6. The van der Waals surface area contributed by atoms with Crippen LogP contribution in [-0.2, 0) is 28.7 Å². The maximum atomic E-state index is 14.2. The van der Waals surface area contributed by atoms with Crippen molar-refractivity contribution in [3.8, 4) is 0 Å². The number of nitrogens with one attached hydrogen (secondary N) is 2. The van der Waals surface area contributed by atoms with Crippen molar-refractivity contribution in [1.82, 2.24) is 20.4 Å². The molecule has 3 amide bonds. The number of rotatable bonds is 21. The normalized spacial score (nSPS) is 20.2. The van der Waals surface area contributed by atoms with Crippen LogP contribution in [0.5, 0.6) is 0 Å². The molecule has 1 aliphatic rings. The van der Waals surface area contributed by atoms with E-state index in [4.69, 9.17) is 9.47 Å². The van der Waals surface area contributed by atoms with Crippen LogP contribution in [-0.4, -0.2) is 105 Å². The maximum absolute atomic E-state index is 14.2. The standard InChI is InChI=1S/C41H70N4O6/c1-14-27(6)38(44(11)41(49)32(25(2)3)23-34(46)37(42-10)26(4)5)35(50-12)24-36(47)45-22-18-21-33(45)39(51-13)29(8)40(48)43-30(9)28(7)31-19-16-15-17-20-31/h15-17,19-20,25-30,32-33,35,37-39,42H,14,18,21-24H2,1-13H3,(H,43,48)/t27-,28+,29+,30+,32-,33-,35+,37-,38-,39+/m0/s1. The van der Waals surface area contributed by atoms with Gasteiger partial charge in [-0.25, -0.2) is 0 Å². The lowest BCUT2D eigenvalue weighted by Crippen LogP contribution is -2.54. The second kappa shape index (κ2) is 21.0. The number of likely N-dealkylation sites (tertiary alicyclic amines) is 1. The highest BCUT2D eigenvalue weighted by Gasteiger charge is 2.43. The smallest absolute Gasteiger partial charge is 0.226 e. The molecule has 10 atom stereocenters. The molecule has 0 unspecified atom stereocenters. The van der Waals surface area contributed by atoms with Gasteiger partial charge in [0, 0.05) is 52.1 Å². The summed E-state index contributed by atoms with van der Waals surface area (Å²) in [6, 6.07) is 9.08. The summed E-state index contributed by atoms with van der Waals surface area (Å²) in [5, 5.41) is 6.32. The molecule has 0 aromatic heterocycles. The predicted octanol–water partition coefficient (Wildman–Crippen LogP) is 5.69. The molecule has 0 saturated carbocycles. The van der Waals surface area contributed by atoms with Gasteiger partial charge in [0.1, 0.15) is 0 Å². The first kappa shape index (κ1) is 44.3. The minimum Gasteiger partial charge on any atom is -0.379 e. The van der Waals surface area contributed by atoms with E-state index in [1.54, 1.807) is 33.2 Å². The molecule has 0 aliphatic carbocycles. The summed E-state index contributed by atoms with van der Waals surface area (Å²) in [4.78, 5) is 58.8. The van der Waals surface area contributed by atoms with Gasteiger partial charge in [-0.2, -0.15) is 0 Å². The third-order valence-corrected chi connectivity index (χ3v) is 11.6. The number of methoxy groups -OCH3 is 2. The number of likely N-dealkylation sites (N-methyl/N-ethyl adjacent to an activating group) is 2. The Morgan fingerprint density at radius 2 is 1.55 bits per heavy atom. The maximum Gasteiger partial charge on any atom is 0.226 e. The van der Waals surface area contributed by atoms with Crippen molar-refractivity contribution in [2.45, 2.75) is 137 Å². The van der Waals surface area contributed by atoms with Crippen LogP contribution in [0, 0.1) is 29.6 Å². The topological polar surface area (TPSA) is 117 Å². The van der Waals surface area contributed by atoms with Crippen molar-refractivity contribution < 1.29 is 28.7 Å². The van der Waals surface area contributed by atoms with Crippen LogP contribution >= 0.6 is 0 Å². The molecule has 1 saturated heterocycles. The van der Waals surface area contributed by atoms with Crippen LogP contribution in [0.15, 0.2) is 30.3 Å². The van der Waals surface area contributed by atoms with Gasteiger partial charge in [-0.15, -0.1) is 0 Å². The summed E-state index contributed by atoms with van der Waals surface area (Å²) in [6.45, 7) is 18.7. The molecule has 1 aromatic carbocycles. The van der Waals surface area contributed by atoms with Gasteiger partial charge >= 0.3 is 0 Å². The van der Waals surface area contributed by atoms with E-state index in [1.807, 2.05) is 64.6 Å². The lowest BCUT2D eigenvalue weighted by molar-refractivity contribution is -0.149. The van der Waals surface area contributed by atoms with Crippen LogP contribution in [0.2, 0.25) is 0 Å². The summed E-state index contributed by atoms with van der Waals surface area (Å²) < 4.78 is 12.0. The average Bonchev–Trinajstić information content (AvgIpc) is 3.59. The Bertz CT molecular complexity index is 1240. The summed E-state index contributed by atoms with van der Waals surface area (Å²) in [6.07, 6.45) is 1.52. The summed E-state index contributed by atoms with van der Waals surface area (Å²) >= 11 is 0. The first-order valence-electron chi connectivity index (χ1n) is 19.2. The number of amides is 3. The number of ether oxygens (including phenoxy) is 2. The van der Waals surface area contributed by atoms with Gasteiger partial charge in [0.05, 0.1) is 42.7 Å². The van der Waals surface area contributed by atoms with Crippen molar-refractivity contribution in [1.29, 1.82) is 0 Å². The fourth-order valence-electron chi connectivity index (χ4n) is 7.91. The number of hydrogen-bond acceptors (Lipinski definition) is 7. The van der Waals surface area contributed by atoms with Gasteiger partial charge < -0.3 is 29.9 Å². The monoisotopic (exact) mass is 715 g/mol. The zero-order valence-corrected chi connectivity index (χ0v) is 33.9. The largest absolute Gasteiger partial charge is 0.379 e. The molecule has 1 heterocycles. The van der Waals surface area contributed by atoms with Gasteiger partial charge in [0.2, 0.25) is 17.7 Å². The molecule has 2 N–H and O–H groups in total. The SMILES string of the molecule is CC[C@H](C)[C@@H]([C@@H](CC(=O)N1CCC[C@H]1[C@H](OC)[C@@H](C)C(=O)N[C@H](C)[C@@H](C)c1ccccc1)OC)N(C)C(=O)[C@@H](CC(=O)[C@@H](NC)C(C)C)C(C)C. The van der Waals surface area contributed by atoms with E-state index in [0.717, 1.165) is 24.8 Å². The molecule has 1 aromatic rings. The van der Waals surface area contributed by atoms with E-state index in [0.29, 0.717) is 6.54 Å². The lowest BCUT2D eigenvalue weighted by atomic mass is 9.84. The van der Waals surface area contributed by atoms with Gasteiger partial charge in [0.25, 0.3) is 0 Å². The van der Waals surface area contributed by atoms with Crippen molar-refractivity contribution >= 4 is 23.5 Å². The van der Waals surface area contributed by atoms with Crippen molar-refractivity contribution in [2.75, 3.05) is 34.9 Å². The third-order valence-electron chi connectivity index (χ3n) is 11.6. The lowest BCUT2D eigenvalue weighted by Gasteiger charge is -2.41. The molecule has 0 spiro atoms. The molecule has 1 fully saturated rings. The first-order chi connectivity index (χ1) is 24.0. The molecular weight excluding hydrogens is 644 g/mol. The Morgan fingerprint density at radius 1 is 0.922 bits per heavy atom. The number of Topliss-reactive ketones (excluding diaryl/α,β-unsaturated/α-hetero) is 1. The zero-order valence-electron chi connectivity index (χ0n) is 33.9. The van der Waals surface area contributed by atoms with E-state index < -0.39 is 24.0 Å². The molecule has 51 heavy (non-hydrogen) atoms. The predicted molar refractivity (Wildman–Crippen MR) is 204 cm³/mol. The van der Waals surface area contributed by atoms with E-state index >= 15 is 0 Å². The molecular formula is C41H70N4O6. The highest BCUT2D eigenvalue weighted by atomic mass is 16.5. The first-order valence-corrected chi connectivity index (χ1v) is 19.2. The molecule has 2 rings (SSSR count). The summed E-state index contributed by atoms with van der Waals surface area (Å²) in [5.41, 5.74) is 1.16. The van der Waals surface area contributed by atoms with Crippen LogP contribution in [0.4, 0.5) is 0 Å². The number of carbonyl (C=O) groups excluding carboxylic acids is 4. The number of benzene rings is 1. The summed E-state index contributed by atoms with van der Waals surface area (Å²) in [5.74, 6) is -1.01. The fourth-order valence-corrected chi connectivity index (χ4v) is 7.91. The van der Waals surface area contributed by atoms with E-state index in [2.05, 4.69) is 43.5 Å². The fraction of sp³-hybridized carbons (Fsp3) is 0.756. The van der Waals surface area contributed by atoms with Crippen molar-refractivity contribution in [3.63, 3.8) is 0 Å². The minimum absolute atomic E-state index is 0.0300. The molecule has 0 bridgehead atoms. The Morgan fingerprint density at radius 3 is 2.06 bits per heavy atom. The van der Waals surface area contributed by atoms with Crippen LogP contribution < -0.4 is 10.6 Å². The van der Waals surface area contributed by atoms with Crippen LogP contribution in [0.1, 0.15) is 106 Å². The van der Waals surface area contributed by atoms with Gasteiger partial charge in [-0.3, -0.25) is 19.2 Å². The highest BCUT2D eigenvalue weighted by Crippen LogP contribution is 2.31. The van der Waals surface area contributed by atoms with Gasteiger partial charge in [-0.1, -0.05) is 92.1 Å². The van der Waals surface area contributed by atoms with Gasteiger partial charge in [0.15, 0.2) is 5.78 Å². The minimum atomic E-state index is -0.561. The Kier molecular flexibility index (Phi) is 18.3. The Hall–Kier alpha value is -2.82. The summed E-state index contributed by atoms with van der Waals surface area (Å²) in [7, 11) is 6.77. The van der Waals surface area contributed by atoms with E-state index in [9.17, 15) is 19.2 Å². The Labute approximate surface area is 309 Å². The molecule has 290 valence electrons. The number of ketones is 1. The van der Waals surface area contributed by atoms with Crippen molar-refractivity contribution in [2.24, 2.45) is 29.6 Å². The number of nitrogens with zero attached hydrogens (tertiary/aromatic N) is 2. The number of hydrogen-bond donors (Lipinski definition) is 2.